The number of para-hydroxylation sites is 1. The van der Waals surface area contributed by atoms with Crippen molar-refractivity contribution in [2.45, 2.75) is 12.5 Å². The van der Waals surface area contributed by atoms with Crippen LogP contribution < -0.4 is 5.32 Å². The van der Waals surface area contributed by atoms with Crippen LogP contribution in [0.5, 0.6) is 0 Å². The van der Waals surface area contributed by atoms with Gasteiger partial charge in [-0.05, 0) is 41.5 Å². The van der Waals surface area contributed by atoms with Gasteiger partial charge in [-0.2, -0.15) is 0 Å². The number of carbonyl (C=O) groups excluding carboxylic acids is 3. The molecule has 1 atom stereocenters. The lowest BCUT2D eigenvalue weighted by molar-refractivity contribution is -0.119. The third-order valence-electron chi connectivity index (χ3n) is 4.87. The fourth-order valence-corrected chi connectivity index (χ4v) is 3.34. The number of hydrogen-bond acceptors (Lipinski definition) is 5. The zero-order valence-electron chi connectivity index (χ0n) is 16.3. The van der Waals surface area contributed by atoms with Crippen LogP contribution >= 0.6 is 0 Å². The van der Waals surface area contributed by atoms with Crippen LogP contribution in [0.4, 0.5) is 10.1 Å². The summed E-state index contributed by atoms with van der Waals surface area (Å²) in [6.07, 6.45) is -0.0287. The Kier molecular flexibility index (Phi) is 5.75. The Morgan fingerprint density at radius 3 is 2.55 bits per heavy atom. The van der Waals surface area contributed by atoms with Crippen molar-refractivity contribution in [3.8, 4) is 0 Å². The average Bonchev–Trinajstić information content (AvgIpc) is 2.79. The van der Waals surface area contributed by atoms with E-state index in [9.17, 15) is 18.8 Å². The molecule has 156 valence electrons. The standard InChI is InChI=1S/C24H18FNO5/c25-19-8-4-5-9-20(19)26-22(27)14-30-23(28)16-10-11-18-17(12-16)13-21(31-24(18)29)15-6-2-1-3-7-15/h1-12,21H,13-14H2,(H,26,27). The number of cyclic esters (lactones) is 1. The number of rotatable bonds is 5. The molecule has 1 amide bonds. The Labute approximate surface area is 177 Å². The third-order valence-corrected chi connectivity index (χ3v) is 4.87. The molecule has 1 unspecified atom stereocenters. The molecule has 0 fully saturated rings. The topological polar surface area (TPSA) is 81.7 Å². The lowest BCUT2D eigenvalue weighted by Gasteiger charge is -2.25. The number of benzene rings is 3. The van der Waals surface area contributed by atoms with Crippen molar-refractivity contribution in [2.24, 2.45) is 0 Å². The van der Waals surface area contributed by atoms with Gasteiger partial charge in [0.25, 0.3) is 5.91 Å². The second kappa shape index (κ2) is 8.79. The number of fused-ring (bicyclic) bond motifs is 1. The first-order valence-electron chi connectivity index (χ1n) is 9.61. The Balaban J connectivity index is 1.42. The number of carbonyl (C=O) groups is 3. The van der Waals surface area contributed by atoms with Crippen LogP contribution in [-0.4, -0.2) is 24.5 Å². The molecule has 0 saturated heterocycles. The summed E-state index contributed by atoms with van der Waals surface area (Å²) in [7, 11) is 0. The quantitative estimate of drug-likeness (QED) is 0.631. The van der Waals surface area contributed by atoms with Gasteiger partial charge in [-0.25, -0.2) is 14.0 Å². The van der Waals surface area contributed by atoms with E-state index in [1.807, 2.05) is 30.3 Å². The van der Waals surface area contributed by atoms with E-state index < -0.39 is 36.4 Å². The lowest BCUT2D eigenvalue weighted by Crippen LogP contribution is -2.23. The molecule has 0 spiro atoms. The maximum absolute atomic E-state index is 13.6. The molecular formula is C24H18FNO5. The fraction of sp³-hybridized carbons (Fsp3) is 0.125. The molecular weight excluding hydrogens is 401 g/mol. The fourth-order valence-electron chi connectivity index (χ4n) is 3.34. The van der Waals surface area contributed by atoms with E-state index in [-0.39, 0.29) is 11.3 Å². The Hall–Kier alpha value is -4.00. The first-order valence-corrected chi connectivity index (χ1v) is 9.61. The first-order chi connectivity index (χ1) is 15.0. The molecule has 0 aliphatic carbocycles. The largest absolute Gasteiger partial charge is 0.454 e. The van der Waals surface area contributed by atoms with Crippen molar-refractivity contribution in [2.75, 3.05) is 11.9 Å². The van der Waals surface area contributed by atoms with Crippen molar-refractivity contribution in [1.29, 1.82) is 0 Å². The second-order valence-electron chi connectivity index (χ2n) is 6.98. The highest BCUT2D eigenvalue weighted by molar-refractivity contribution is 5.97. The number of anilines is 1. The van der Waals surface area contributed by atoms with E-state index in [0.717, 1.165) is 5.56 Å². The van der Waals surface area contributed by atoms with Gasteiger partial charge in [0.1, 0.15) is 11.9 Å². The predicted molar refractivity (Wildman–Crippen MR) is 110 cm³/mol. The van der Waals surface area contributed by atoms with Gasteiger partial charge >= 0.3 is 11.9 Å². The van der Waals surface area contributed by atoms with Crippen molar-refractivity contribution in [3.63, 3.8) is 0 Å². The van der Waals surface area contributed by atoms with Crippen LogP contribution in [0.2, 0.25) is 0 Å². The SMILES string of the molecule is O=C(COC(=O)c1ccc2c(c1)CC(c1ccccc1)OC2=O)Nc1ccccc1F. The summed E-state index contributed by atoms with van der Waals surface area (Å²) in [5.74, 6) is -2.43. The summed E-state index contributed by atoms with van der Waals surface area (Å²) in [6, 6.07) is 19.5. The van der Waals surface area contributed by atoms with Gasteiger partial charge in [-0.1, -0.05) is 42.5 Å². The van der Waals surface area contributed by atoms with E-state index >= 15 is 0 Å². The monoisotopic (exact) mass is 419 g/mol. The summed E-state index contributed by atoms with van der Waals surface area (Å²) >= 11 is 0. The number of esters is 2. The van der Waals surface area contributed by atoms with Crippen LogP contribution in [0, 0.1) is 5.82 Å². The van der Waals surface area contributed by atoms with Crippen molar-refractivity contribution >= 4 is 23.5 Å². The molecule has 0 aromatic heterocycles. The zero-order chi connectivity index (χ0) is 21.8. The van der Waals surface area contributed by atoms with Crippen LogP contribution in [0.15, 0.2) is 72.8 Å². The van der Waals surface area contributed by atoms with Crippen molar-refractivity contribution in [1.82, 2.24) is 0 Å². The molecule has 0 bridgehead atoms. The molecule has 0 saturated carbocycles. The highest BCUT2D eigenvalue weighted by Gasteiger charge is 2.28. The molecule has 3 aromatic rings. The Morgan fingerprint density at radius 1 is 1.03 bits per heavy atom. The van der Waals surface area contributed by atoms with Crippen LogP contribution in [-0.2, 0) is 20.7 Å². The van der Waals surface area contributed by atoms with Gasteiger partial charge in [0, 0.05) is 6.42 Å². The van der Waals surface area contributed by atoms with Crippen LogP contribution in [0.3, 0.4) is 0 Å². The number of hydrogen-bond donors (Lipinski definition) is 1. The smallest absolute Gasteiger partial charge is 0.339 e. The summed E-state index contributed by atoms with van der Waals surface area (Å²) in [5, 5.41) is 2.34. The number of halogens is 1. The first kappa shape index (κ1) is 20.3. The summed E-state index contributed by atoms with van der Waals surface area (Å²) < 4.78 is 24.1. The Bertz CT molecular complexity index is 1150. The van der Waals surface area contributed by atoms with Crippen molar-refractivity contribution in [3.05, 3.63) is 101 Å². The van der Waals surface area contributed by atoms with E-state index in [1.165, 1.54) is 30.3 Å². The molecule has 31 heavy (non-hydrogen) atoms. The van der Waals surface area contributed by atoms with Gasteiger partial charge < -0.3 is 14.8 Å². The molecule has 0 radical (unpaired) electrons. The zero-order valence-corrected chi connectivity index (χ0v) is 16.3. The molecule has 7 heteroatoms. The van der Waals surface area contributed by atoms with Gasteiger partial charge in [0.05, 0.1) is 16.8 Å². The van der Waals surface area contributed by atoms with E-state index in [4.69, 9.17) is 9.47 Å². The van der Waals surface area contributed by atoms with Gasteiger partial charge in [-0.3, -0.25) is 4.79 Å². The van der Waals surface area contributed by atoms with Crippen LogP contribution in [0.25, 0.3) is 0 Å². The highest BCUT2D eigenvalue weighted by Crippen LogP contribution is 2.31. The molecule has 4 rings (SSSR count). The molecule has 1 N–H and O–H groups in total. The minimum Gasteiger partial charge on any atom is -0.454 e. The maximum atomic E-state index is 13.6. The summed E-state index contributed by atoms with van der Waals surface area (Å²) in [4.78, 5) is 36.7. The molecule has 1 heterocycles. The third kappa shape index (κ3) is 4.61. The van der Waals surface area contributed by atoms with Gasteiger partial charge in [0.15, 0.2) is 6.61 Å². The van der Waals surface area contributed by atoms with E-state index in [2.05, 4.69) is 5.32 Å². The Morgan fingerprint density at radius 2 is 1.77 bits per heavy atom. The molecule has 6 nitrogen and oxygen atoms in total. The minimum atomic E-state index is -0.721. The van der Waals surface area contributed by atoms with E-state index in [1.54, 1.807) is 12.1 Å². The van der Waals surface area contributed by atoms with E-state index in [0.29, 0.717) is 17.5 Å². The second-order valence-corrected chi connectivity index (χ2v) is 6.98. The number of amides is 1. The van der Waals surface area contributed by atoms with Gasteiger partial charge in [-0.15, -0.1) is 0 Å². The predicted octanol–water partition coefficient (Wildman–Crippen LogP) is 4.08. The normalized spacial score (nSPS) is 14.9. The number of ether oxygens (including phenoxy) is 2. The molecule has 1 aliphatic heterocycles. The average molecular weight is 419 g/mol. The minimum absolute atomic E-state index is 0.00259. The maximum Gasteiger partial charge on any atom is 0.339 e. The highest BCUT2D eigenvalue weighted by atomic mass is 19.1. The molecule has 3 aromatic carbocycles. The summed E-state index contributed by atoms with van der Waals surface area (Å²) in [6.45, 7) is -0.571. The molecule has 1 aliphatic rings. The lowest BCUT2D eigenvalue weighted by atomic mass is 9.93. The van der Waals surface area contributed by atoms with Gasteiger partial charge in [0.2, 0.25) is 0 Å². The summed E-state index contributed by atoms with van der Waals surface area (Å²) in [5.41, 5.74) is 2.12. The van der Waals surface area contributed by atoms with Crippen molar-refractivity contribution < 1.29 is 28.2 Å². The van der Waals surface area contributed by atoms with Crippen LogP contribution in [0.1, 0.15) is 37.9 Å². The number of nitrogens with one attached hydrogen (secondary N) is 1.